The number of benzene rings is 2. The Bertz CT molecular complexity index is 754. The molecule has 25 heavy (non-hydrogen) atoms. The fourth-order valence-corrected chi connectivity index (χ4v) is 3.19. The Morgan fingerprint density at radius 1 is 0.960 bits per heavy atom. The van der Waals surface area contributed by atoms with Gasteiger partial charge in [0.15, 0.2) is 11.5 Å². The number of phenols is 1. The van der Waals surface area contributed by atoms with Gasteiger partial charge in [-0.2, -0.15) is 0 Å². The maximum absolute atomic E-state index is 12.7. The van der Waals surface area contributed by atoms with Gasteiger partial charge in [-0.1, -0.05) is 12.1 Å². The van der Waals surface area contributed by atoms with Gasteiger partial charge in [-0.25, -0.2) is 0 Å². The van der Waals surface area contributed by atoms with Crippen LogP contribution in [0, 0.1) is 0 Å². The Hall–Kier alpha value is -2.89. The number of nitrogens with zero attached hydrogens (tertiary/aromatic N) is 2. The van der Waals surface area contributed by atoms with Gasteiger partial charge in [-0.15, -0.1) is 0 Å². The summed E-state index contributed by atoms with van der Waals surface area (Å²) in [6, 6.07) is 14.5. The van der Waals surface area contributed by atoms with Crippen molar-refractivity contribution in [3.63, 3.8) is 0 Å². The second-order valence-electron chi connectivity index (χ2n) is 6.19. The van der Waals surface area contributed by atoms with Crippen LogP contribution in [-0.2, 0) is 4.79 Å². The number of carbonyl (C=O) groups is 1. The molecule has 2 aliphatic heterocycles. The summed E-state index contributed by atoms with van der Waals surface area (Å²) < 4.78 is 11.5. The van der Waals surface area contributed by atoms with E-state index in [1.165, 1.54) is 0 Å². The molecule has 0 saturated carbocycles. The summed E-state index contributed by atoms with van der Waals surface area (Å²) in [5.74, 6) is 1.53. The number of rotatable bonds is 2. The quantitative estimate of drug-likeness (QED) is 0.904. The van der Waals surface area contributed by atoms with E-state index in [2.05, 4.69) is 4.90 Å². The Labute approximate surface area is 146 Å². The number of carbonyl (C=O) groups excluding carboxylic acids is 1. The molecule has 1 saturated heterocycles. The molecule has 0 bridgehead atoms. The minimum Gasteiger partial charge on any atom is -0.508 e. The summed E-state index contributed by atoms with van der Waals surface area (Å²) in [6.07, 6.45) is -0.588. The molecule has 0 spiro atoms. The van der Waals surface area contributed by atoms with Crippen LogP contribution in [0.4, 0.5) is 5.69 Å². The predicted octanol–water partition coefficient (Wildman–Crippen LogP) is 1.88. The molecule has 4 rings (SSSR count). The molecule has 1 fully saturated rings. The number of piperazine rings is 1. The van der Waals surface area contributed by atoms with E-state index >= 15 is 0 Å². The number of ether oxygens (including phenoxy) is 2. The smallest absolute Gasteiger partial charge is 0.267 e. The van der Waals surface area contributed by atoms with Crippen LogP contribution >= 0.6 is 0 Å². The first-order valence-corrected chi connectivity index (χ1v) is 8.42. The predicted molar refractivity (Wildman–Crippen MR) is 93.3 cm³/mol. The number of hydrogen-bond donors (Lipinski definition) is 1. The topological polar surface area (TPSA) is 62.2 Å². The monoisotopic (exact) mass is 340 g/mol. The fourth-order valence-electron chi connectivity index (χ4n) is 3.19. The van der Waals surface area contributed by atoms with Crippen LogP contribution in [0.15, 0.2) is 48.5 Å². The van der Waals surface area contributed by atoms with Crippen molar-refractivity contribution >= 4 is 11.6 Å². The van der Waals surface area contributed by atoms with Crippen molar-refractivity contribution in [2.24, 2.45) is 0 Å². The molecule has 1 unspecified atom stereocenters. The lowest BCUT2D eigenvalue weighted by Gasteiger charge is -2.38. The summed E-state index contributed by atoms with van der Waals surface area (Å²) in [5.41, 5.74) is 1.05. The molecule has 0 aliphatic carbocycles. The number of anilines is 1. The molecule has 1 atom stereocenters. The molecular formula is C19H20N2O4. The van der Waals surface area contributed by atoms with Crippen molar-refractivity contribution in [1.29, 1.82) is 0 Å². The molecular weight excluding hydrogens is 320 g/mol. The normalized spacial score (nSPS) is 19.6. The molecule has 6 nitrogen and oxygen atoms in total. The van der Waals surface area contributed by atoms with Gasteiger partial charge < -0.3 is 24.4 Å². The minimum absolute atomic E-state index is 0.0279. The van der Waals surface area contributed by atoms with E-state index in [1.807, 2.05) is 41.3 Å². The first kappa shape index (κ1) is 15.6. The zero-order valence-corrected chi connectivity index (χ0v) is 13.8. The number of hydrogen-bond acceptors (Lipinski definition) is 5. The molecule has 0 aromatic heterocycles. The van der Waals surface area contributed by atoms with Crippen LogP contribution < -0.4 is 14.4 Å². The Morgan fingerprint density at radius 3 is 2.36 bits per heavy atom. The molecule has 2 aliphatic rings. The van der Waals surface area contributed by atoms with Crippen LogP contribution in [0.5, 0.6) is 17.2 Å². The largest absolute Gasteiger partial charge is 0.508 e. The lowest BCUT2D eigenvalue weighted by Crippen LogP contribution is -2.54. The molecule has 1 N–H and O–H groups in total. The van der Waals surface area contributed by atoms with E-state index in [9.17, 15) is 9.90 Å². The van der Waals surface area contributed by atoms with Crippen molar-refractivity contribution in [1.82, 2.24) is 4.90 Å². The zero-order valence-electron chi connectivity index (χ0n) is 13.8. The number of aromatic hydroxyl groups is 1. The van der Waals surface area contributed by atoms with Crippen molar-refractivity contribution in [2.75, 3.05) is 37.7 Å². The third kappa shape index (κ3) is 3.20. The maximum atomic E-state index is 12.7. The number of para-hydroxylation sites is 2. The molecule has 2 aromatic carbocycles. The standard InChI is InChI=1S/C19H20N2O4/c22-15-7-5-14(6-8-15)20-9-11-21(12-10-20)19(23)18-13-24-16-3-1-2-4-17(16)25-18/h1-8,18,22H,9-13H2. The van der Waals surface area contributed by atoms with Crippen LogP contribution in [0.3, 0.4) is 0 Å². The highest BCUT2D eigenvalue weighted by atomic mass is 16.6. The average Bonchev–Trinajstić information content (AvgIpc) is 2.68. The first-order chi connectivity index (χ1) is 12.2. The van der Waals surface area contributed by atoms with Crippen LogP contribution in [0.25, 0.3) is 0 Å². The first-order valence-electron chi connectivity index (χ1n) is 8.42. The van der Waals surface area contributed by atoms with Gasteiger partial charge in [0.2, 0.25) is 6.10 Å². The highest BCUT2D eigenvalue weighted by Gasteiger charge is 2.32. The zero-order chi connectivity index (χ0) is 17.2. The molecule has 6 heteroatoms. The fraction of sp³-hybridized carbons (Fsp3) is 0.316. The summed E-state index contributed by atoms with van der Waals surface area (Å²) in [5, 5.41) is 9.39. The van der Waals surface area contributed by atoms with Gasteiger partial charge in [0, 0.05) is 31.9 Å². The highest BCUT2D eigenvalue weighted by molar-refractivity contribution is 5.82. The second kappa shape index (κ2) is 6.55. The molecule has 2 aromatic rings. The van der Waals surface area contributed by atoms with E-state index in [0.717, 1.165) is 18.8 Å². The average molecular weight is 340 g/mol. The van der Waals surface area contributed by atoms with Crippen molar-refractivity contribution in [3.8, 4) is 17.2 Å². The lowest BCUT2D eigenvalue weighted by atomic mass is 10.2. The van der Waals surface area contributed by atoms with Gasteiger partial charge in [0.25, 0.3) is 5.91 Å². The van der Waals surface area contributed by atoms with E-state index in [4.69, 9.17) is 9.47 Å². The molecule has 130 valence electrons. The summed E-state index contributed by atoms with van der Waals surface area (Å²) >= 11 is 0. The van der Waals surface area contributed by atoms with Gasteiger partial charge in [0.1, 0.15) is 12.4 Å². The van der Waals surface area contributed by atoms with E-state index in [1.54, 1.807) is 12.1 Å². The van der Waals surface area contributed by atoms with Crippen LogP contribution in [-0.4, -0.2) is 54.8 Å². The number of phenolic OH excluding ortho intramolecular Hbond substituents is 1. The number of fused-ring (bicyclic) bond motifs is 1. The Morgan fingerprint density at radius 2 is 1.64 bits per heavy atom. The summed E-state index contributed by atoms with van der Waals surface area (Å²) in [6.45, 7) is 3.03. The summed E-state index contributed by atoms with van der Waals surface area (Å²) in [4.78, 5) is 16.8. The Balaban J connectivity index is 1.36. The van der Waals surface area contributed by atoms with Crippen LogP contribution in [0.1, 0.15) is 0 Å². The van der Waals surface area contributed by atoms with Crippen molar-refractivity contribution in [3.05, 3.63) is 48.5 Å². The van der Waals surface area contributed by atoms with E-state index in [0.29, 0.717) is 24.6 Å². The molecule has 1 amide bonds. The number of amides is 1. The van der Waals surface area contributed by atoms with Gasteiger partial charge in [-0.3, -0.25) is 4.79 Å². The van der Waals surface area contributed by atoms with Gasteiger partial charge >= 0.3 is 0 Å². The minimum atomic E-state index is -0.588. The van der Waals surface area contributed by atoms with Crippen molar-refractivity contribution in [2.45, 2.75) is 6.10 Å². The third-order valence-electron chi connectivity index (χ3n) is 4.59. The van der Waals surface area contributed by atoms with Gasteiger partial charge in [-0.05, 0) is 36.4 Å². The molecule has 0 radical (unpaired) electrons. The third-order valence-corrected chi connectivity index (χ3v) is 4.59. The molecule has 2 heterocycles. The van der Waals surface area contributed by atoms with Crippen molar-refractivity contribution < 1.29 is 19.4 Å². The highest BCUT2D eigenvalue weighted by Crippen LogP contribution is 2.31. The van der Waals surface area contributed by atoms with Crippen LogP contribution in [0.2, 0.25) is 0 Å². The van der Waals surface area contributed by atoms with E-state index in [-0.39, 0.29) is 18.3 Å². The lowest BCUT2D eigenvalue weighted by molar-refractivity contribution is -0.141. The maximum Gasteiger partial charge on any atom is 0.267 e. The van der Waals surface area contributed by atoms with Gasteiger partial charge in [0.05, 0.1) is 0 Å². The SMILES string of the molecule is O=C(C1COc2ccccc2O1)N1CCN(c2ccc(O)cc2)CC1. The second-order valence-corrected chi connectivity index (χ2v) is 6.19. The Kier molecular flexibility index (Phi) is 4.09. The summed E-state index contributed by atoms with van der Waals surface area (Å²) in [7, 11) is 0. The van der Waals surface area contributed by atoms with E-state index < -0.39 is 6.10 Å².